The molecular weight excluding hydrogens is 517 g/mol. The van der Waals surface area contributed by atoms with E-state index in [1.807, 2.05) is 0 Å². The van der Waals surface area contributed by atoms with E-state index in [0.717, 1.165) is 18.7 Å². The van der Waals surface area contributed by atoms with E-state index in [9.17, 15) is 13.2 Å². The van der Waals surface area contributed by atoms with Crippen LogP contribution in [0.25, 0.3) is 17.4 Å². The second-order valence-corrected chi connectivity index (χ2v) is 11.6. The molecule has 1 aromatic carbocycles. The number of amides is 1. The molecule has 4 rings (SSSR count). The van der Waals surface area contributed by atoms with Crippen LogP contribution in [-0.2, 0) is 19.4 Å². The molecule has 1 unspecified atom stereocenters. The minimum Gasteiger partial charge on any atom is -0.481 e. The summed E-state index contributed by atoms with van der Waals surface area (Å²) in [5.74, 6) is -0.113. The summed E-state index contributed by atoms with van der Waals surface area (Å²) >= 11 is 18.7. The Kier molecular flexibility index (Phi) is 7.72. The number of carboxylic acids is 1. The number of thioether (sulfide) groups is 1. The second-order valence-electron chi connectivity index (χ2n) is 6.93. The monoisotopic (exact) mass is 533 g/mol. The maximum absolute atomic E-state index is 12.8. The number of rotatable bonds is 3. The van der Waals surface area contributed by atoms with Gasteiger partial charge in [-0.25, -0.2) is 8.42 Å². The third kappa shape index (κ3) is 5.74. The number of carboxylic acid groups (broad SMARTS) is 1. The molecule has 3 heterocycles. The summed E-state index contributed by atoms with van der Waals surface area (Å²) < 4.78 is 29.6. The summed E-state index contributed by atoms with van der Waals surface area (Å²) in [6.07, 6.45) is 2.00. The van der Waals surface area contributed by atoms with Gasteiger partial charge in [-0.1, -0.05) is 53.2 Å². The molecule has 0 spiro atoms. The van der Waals surface area contributed by atoms with Crippen molar-refractivity contribution in [1.82, 2.24) is 4.90 Å². The van der Waals surface area contributed by atoms with Crippen molar-refractivity contribution in [3.8, 4) is 11.3 Å². The molecular formula is C20H17Cl2NO6S3. The molecule has 2 saturated heterocycles. The summed E-state index contributed by atoms with van der Waals surface area (Å²) in [5.41, 5.74) is 0.650. The number of thiocarbonyl (C=S) groups is 1. The molecule has 1 N–H and O–H groups in total. The number of benzene rings is 1. The van der Waals surface area contributed by atoms with Gasteiger partial charge in [0.25, 0.3) is 11.9 Å². The Labute approximate surface area is 204 Å². The van der Waals surface area contributed by atoms with Gasteiger partial charge in [-0.05, 0) is 30.7 Å². The van der Waals surface area contributed by atoms with Gasteiger partial charge in [0.05, 0.1) is 32.5 Å². The van der Waals surface area contributed by atoms with E-state index in [0.29, 0.717) is 42.8 Å². The van der Waals surface area contributed by atoms with Crippen LogP contribution in [0.5, 0.6) is 0 Å². The van der Waals surface area contributed by atoms with Gasteiger partial charge in [0.2, 0.25) is 0 Å². The Morgan fingerprint density at radius 2 is 2.00 bits per heavy atom. The van der Waals surface area contributed by atoms with Crippen LogP contribution in [-0.4, -0.2) is 52.2 Å². The highest BCUT2D eigenvalue weighted by Gasteiger charge is 2.42. The molecule has 2 fully saturated rings. The van der Waals surface area contributed by atoms with Crippen molar-refractivity contribution in [3.05, 3.63) is 51.0 Å². The Morgan fingerprint density at radius 1 is 1.31 bits per heavy atom. The molecule has 1 amide bonds. The first kappa shape index (κ1) is 24.8. The maximum atomic E-state index is 12.8. The Balaban J connectivity index is 0.000000668. The van der Waals surface area contributed by atoms with Crippen molar-refractivity contribution >= 4 is 79.3 Å². The number of hydrogen-bond acceptors (Lipinski definition) is 7. The lowest BCUT2D eigenvalue weighted by atomic mass is 10.2. The van der Waals surface area contributed by atoms with Gasteiger partial charge < -0.3 is 9.52 Å². The molecule has 0 aliphatic carbocycles. The minimum absolute atomic E-state index is 0.0507. The normalized spacial score (nSPS) is 21.0. The molecule has 2 aliphatic heterocycles. The summed E-state index contributed by atoms with van der Waals surface area (Å²) in [5, 5.41) is 8.23. The molecule has 1 atom stereocenters. The Hall–Kier alpha value is -1.85. The van der Waals surface area contributed by atoms with Crippen LogP contribution in [0, 0.1) is 0 Å². The van der Waals surface area contributed by atoms with Gasteiger partial charge in [-0.3, -0.25) is 14.5 Å². The van der Waals surface area contributed by atoms with E-state index in [1.165, 1.54) is 4.90 Å². The molecule has 2 aromatic rings. The number of carbonyl (C=O) groups excluding carboxylic acids is 1. The SMILES string of the molecule is CC(=O)O.O=C1/C(=C/c2ccc(-c3cccc(Cl)c3Cl)o2)SC(=S)N1C1CCS(=O)(=O)C1. The predicted molar refractivity (Wildman–Crippen MR) is 130 cm³/mol. The predicted octanol–water partition coefficient (Wildman–Crippen LogP) is 4.73. The van der Waals surface area contributed by atoms with Crippen molar-refractivity contribution in [1.29, 1.82) is 0 Å². The second kappa shape index (κ2) is 9.96. The highest BCUT2D eigenvalue weighted by atomic mass is 35.5. The summed E-state index contributed by atoms with van der Waals surface area (Å²) in [6, 6.07) is 8.31. The van der Waals surface area contributed by atoms with E-state index < -0.39 is 21.8 Å². The topological polar surface area (TPSA) is 105 Å². The van der Waals surface area contributed by atoms with E-state index in [4.69, 9.17) is 49.7 Å². The van der Waals surface area contributed by atoms with E-state index in [2.05, 4.69) is 0 Å². The van der Waals surface area contributed by atoms with Crippen molar-refractivity contribution in [3.63, 3.8) is 0 Å². The van der Waals surface area contributed by atoms with Crippen LogP contribution in [0.4, 0.5) is 0 Å². The summed E-state index contributed by atoms with van der Waals surface area (Å²) in [7, 11) is -3.12. The van der Waals surface area contributed by atoms with Crippen molar-refractivity contribution in [2.45, 2.75) is 19.4 Å². The quantitative estimate of drug-likeness (QED) is 0.445. The first-order valence-electron chi connectivity index (χ1n) is 9.20. The average molecular weight is 534 g/mol. The number of furan rings is 1. The van der Waals surface area contributed by atoms with Crippen LogP contribution in [0.15, 0.2) is 39.7 Å². The number of halogens is 2. The number of nitrogens with zero attached hydrogens (tertiary/aromatic N) is 1. The molecule has 7 nitrogen and oxygen atoms in total. The highest BCUT2D eigenvalue weighted by Crippen LogP contribution is 2.38. The zero-order valence-electron chi connectivity index (χ0n) is 16.6. The largest absolute Gasteiger partial charge is 0.481 e. The maximum Gasteiger partial charge on any atom is 0.300 e. The van der Waals surface area contributed by atoms with Gasteiger partial charge in [0, 0.05) is 18.6 Å². The van der Waals surface area contributed by atoms with Gasteiger partial charge in [0.15, 0.2) is 9.84 Å². The lowest BCUT2D eigenvalue weighted by molar-refractivity contribution is -0.134. The number of sulfone groups is 1. The summed E-state index contributed by atoms with van der Waals surface area (Å²) in [6.45, 7) is 1.08. The Bertz CT molecular complexity index is 1220. The molecule has 170 valence electrons. The van der Waals surface area contributed by atoms with E-state index in [1.54, 1.807) is 36.4 Å². The lowest BCUT2D eigenvalue weighted by Crippen LogP contribution is -2.39. The molecule has 12 heteroatoms. The van der Waals surface area contributed by atoms with Crippen molar-refractivity contribution in [2.24, 2.45) is 0 Å². The van der Waals surface area contributed by atoms with Crippen LogP contribution in [0.1, 0.15) is 19.1 Å². The first-order valence-corrected chi connectivity index (χ1v) is 13.0. The zero-order chi connectivity index (χ0) is 23.6. The fourth-order valence-electron chi connectivity index (χ4n) is 3.17. The highest BCUT2D eigenvalue weighted by molar-refractivity contribution is 8.26. The molecule has 0 saturated carbocycles. The van der Waals surface area contributed by atoms with Crippen LogP contribution in [0.2, 0.25) is 10.0 Å². The number of carbonyl (C=O) groups is 2. The van der Waals surface area contributed by atoms with E-state index >= 15 is 0 Å². The Morgan fingerprint density at radius 3 is 2.62 bits per heavy atom. The third-order valence-electron chi connectivity index (χ3n) is 4.51. The van der Waals surface area contributed by atoms with Gasteiger partial charge >= 0.3 is 0 Å². The summed E-state index contributed by atoms with van der Waals surface area (Å²) in [4.78, 5) is 23.6. The van der Waals surface area contributed by atoms with Gasteiger partial charge in [0.1, 0.15) is 15.8 Å². The molecule has 1 aromatic heterocycles. The van der Waals surface area contributed by atoms with E-state index in [-0.39, 0.29) is 17.4 Å². The van der Waals surface area contributed by atoms with Crippen molar-refractivity contribution < 1.29 is 27.5 Å². The van der Waals surface area contributed by atoms with Crippen LogP contribution < -0.4 is 0 Å². The molecule has 0 bridgehead atoms. The lowest BCUT2D eigenvalue weighted by Gasteiger charge is -2.20. The van der Waals surface area contributed by atoms with Crippen LogP contribution in [0.3, 0.4) is 0 Å². The number of aliphatic carboxylic acids is 1. The first-order chi connectivity index (χ1) is 15.0. The molecule has 0 radical (unpaired) electrons. The van der Waals surface area contributed by atoms with Gasteiger partial charge in [-0.2, -0.15) is 0 Å². The average Bonchev–Trinajstić information content (AvgIpc) is 3.36. The molecule has 2 aliphatic rings. The fraction of sp³-hybridized carbons (Fsp3) is 0.250. The fourth-order valence-corrected chi connectivity index (χ4v) is 6.65. The third-order valence-corrected chi connectivity index (χ3v) is 8.41. The number of hydrogen-bond donors (Lipinski definition) is 1. The molecule has 32 heavy (non-hydrogen) atoms. The zero-order valence-corrected chi connectivity index (χ0v) is 20.5. The van der Waals surface area contributed by atoms with Crippen molar-refractivity contribution in [2.75, 3.05) is 11.5 Å². The smallest absolute Gasteiger partial charge is 0.300 e. The minimum atomic E-state index is -3.12. The standard InChI is InChI=1S/C18H13Cl2NO4S3.C2H4O2/c19-13-3-1-2-12(16(13)20)14-5-4-11(25-14)8-15-17(22)21(18(26)27-15)10-6-7-28(23,24)9-10;1-2(3)4/h1-5,8,10H,6-7,9H2;1H3,(H,3,4)/b15-8-;. The van der Waals surface area contributed by atoms with Gasteiger partial charge in [-0.15, -0.1) is 0 Å². The van der Waals surface area contributed by atoms with Crippen LogP contribution >= 0.6 is 47.2 Å².